The quantitative estimate of drug-likeness (QED) is 0.533. The Morgan fingerprint density at radius 2 is 1.92 bits per heavy atom. The van der Waals surface area contributed by atoms with Crippen molar-refractivity contribution in [2.24, 2.45) is 11.3 Å². The third kappa shape index (κ3) is 3.94. The fraction of sp³-hybridized carbons (Fsp3) is 0.833. The maximum Gasteiger partial charge on any atom is -0.0320 e. The molecule has 0 aliphatic heterocycles. The summed E-state index contributed by atoms with van der Waals surface area (Å²) in [5.41, 5.74) is 0.508. The fourth-order valence-electron chi connectivity index (χ4n) is 1.55. The van der Waals surface area contributed by atoms with Gasteiger partial charge in [-0.2, -0.15) is 0 Å². The first-order valence-electron chi connectivity index (χ1n) is 5.15. The summed E-state index contributed by atoms with van der Waals surface area (Å²) in [6.45, 7) is 11.5. The first kappa shape index (κ1) is 11.7. The van der Waals surface area contributed by atoms with Gasteiger partial charge in [-0.15, -0.1) is 0 Å². The fourth-order valence-corrected chi connectivity index (χ4v) is 1.55. The highest BCUT2D eigenvalue weighted by Gasteiger charge is 2.23. The number of hydrogen-bond donors (Lipinski definition) is 0. The van der Waals surface area contributed by atoms with Crippen molar-refractivity contribution in [3.63, 3.8) is 0 Å². The lowest BCUT2D eigenvalue weighted by atomic mass is 9.75. The summed E-state index contributed by atoms with van der Waals surface area (Å²) in [6, 6.07) is 0. The normalized spacial score (nSPS) is 15.4. The van der Waals surface area contributed by atoms with Crippen LogP contribution in [-0.2, 0) is 0 Å². The van der Waals surface area contributed by atoms with Gasteiger partial charge in [-0.3, -0.25) is 0 Å². The van der Waals surface area contributed by atoms with E-state index in [4.69, 9.17) is 0 Å². The Morgan fingerprint density at radius 3 is 2.33 bits per heavy atom. The van der Waals surface area contributed by atoms with Crippen LogP contribution in [0.25, 0.3) is 0 Å². The molecule has 0 aromatic rings. The van der Waals surface area contributed by atoms with Crippen LogP contribution in [0.2, 0.25) is 0 Å². The zero-order chi connectivity index (χ0) is 9.61. The number of rotatable bonds is 5. The van der Waals surface area contributed by atoms with Gasteiger partial charge in [-0.05, 0) is 31.1 Å². The van der Waals surface area contributed by atoms with Crippen molar-refractivity contribution in [2.45, 2.75) is 53.9 Å². The van der Waals surface area contributed by atoms with Gasteiger partial charge in [0.2, 0.25) is 0 Å². The second-order valence-electron chi connectivity index (χ2n) is 4.44. The molecular weight excluding hydrogens is 144 g/mol. The zero-order valence-electron chi connectivity index (χ0n) is 9.35. The molecule has 0 saturated heterocycles. The molecule has 0 fully saturated rings. The third-order valence-corrected chi connectivity index (χ3v) is 2.95. The predicted octanol–water partition coefficient (Wildman–Crippen LogP) is 4.42. The Balaban J connectivity index is 3.95. The SMILES string of the molecule is CC=CCC(C)C(C)(C)CCC. The molecule has 0 aromatic heterocycles. The van der Waals surface area contributed by atoms with Crippen molar-refractivity contribution >= 4 is 0 Å². The van der Waals surface area contributed by atoms with Crippen molar-refractivity contribution < 1.29 is 0 Å². The van der Waals surface area contributed by atoms with E-state index >= 15 is 0 Å². The standard InChI is InChI=1S/C12H24/c1-6-8-9-11(3)12(4,5)10-7-2/h6,8,11H,7,9-10H2,1-5H3. The number of allylic oxidation sites excluding steroid dienone is 2. The average Bonchev–Trinajstić information content (AvgIpc) is 2.00. The van der Waals surface area contributed by atoms with Crippen molar-refractivity contribution in [1.82, 2.24) is 0 Å². The molecule has 0 heterocycles. The highest BCUT2D eigenvalue weighted by Crippen LogP contribution is 2.33. The van der Waals surface area contributed by atoms with Crippen molar-refractivity contribution in [2.75, 3.05) is 0 Å². The van der Waals surface area contributed by atoms with E-state index in [1.165, 1.54) is 19.3 Å². The molecule has 0 aliphatic rings. The smallest absolute Gasteiger partial charge is 0.0320 e. The maximum atomic E-state index is 2.38. The Kier molecular flexibility index (Phi) is 5.28. The highest BCUT2D eigenvalue weighted by molar-refractivity contribution is 4.84. The molecule has 0 N–H and O–H groups in total. The molecule has 0 nitrogen and oxygen atoms in total. The molecule has 1 atom stereocenters. The zero-order valence-corrected chi connectivity index (χ0v) is 9.35. The highest BCUT2D eigenvalue weighted by atomic mass is 14.3. The molecule has 0 saturated carbocycles. The lowest BCUT2D eigenvalue weighted by molar-refractivity contribution is 0.211. The van der Waals surface area contributed by atoms with Gasteiger partial charge in [0.1, 0.15) is 0 Å². The Hall–Kier alpha value is -0.260. The molecule has 72 valence electrons. The van der Waals surface area contributed by atoms with E-state index in [1.54, 1.807) is 0 Å². The molecule has 0 aromatic carbocycles. The summed E-state index contributed by atoms with van der Waals surface area (Å²) in [6.07, 6.45) is 8.29. The molecule has 0 bridgehead atoms. The van der Waals surface area contributed by atoms with Gasteiger partial charge in [0.05, 0.1) is 0 Å². The van der Waals surface area contributed by atoms with Crippen molar-refractivity contribution in [3.8, 4) is 0 Å². The van der Waals surface area contributed by atoms with E-state index in [0.717, 1.165) is 5.92 Å². The van der Waals surface area contributed by atoms with Crippen LogP contribution in [-0.4, -0.2) is 0 Å². The second-order valence-corrected chi connectivity index (χ2v) is 4.44. The summed E-state index contributed by atoms with van der Waals surface area (Å²) in [5, 5.41) is 0. The van der Waals surface area contributed by atoms with Crippen LogP contribution in [0.3, 0.4) is 0 Å². The first-order chi connectivity index (χ1) is 5.54. The van der Waals surface area contributed by atoms with Gasteiger partial charge in [0, 0.05) is 0 Å². The molecule has 0 spiro atoms. The van der Waals surface area contributed by atoms with Crippen LogP contribution >= 0.6 is 0 Å². The molecule has 12 heavy (non-hydrogen) atoms. The second kappa shape index (κ2) is 5.40. The van der Waals surface area contributed by atoms with Crippen LogP contribution in [0, 0.1) is 11.3 Å². The summed E-state index contributed by atoms with van der Waals surface area (Å²) in [5.74, 6) is 0.800. The molecule has 0 amide bonds. The Bertz CT molecular complexity index is 131. The molecule has 0 heteroatoms. The average molecular weight is 168 g/mol. The molecule has 0 rings (SSSR count). The summed E-state index contributed by atoms with van der Waals surface area (Å²) < 4.78 is 0. The van der Waals surface area contributed by atoms with E-state index < -0.39 is 0 Å². The van der Waals surface area contributed by atoms with Gasteiger partial charge in [-0.1, -0.05) is 46.3 Å². The van der Waals surface area contributed by atoms with Gasteiger partial charge < -0.3 is 0 Å². The molecular formula is C12H24. The molecule has 1 unspecified atom stereocenters. The Labute approximate surface area is 78.1 Å². The van der Waals surface area contributed by atoms with E-state index in [1.807, 2.05) is 0 Å². The van der Waals surface area contributed by atoms with E-state index in [2.05, 4.69) is 46.8 Å². The van der Waals surface area contributed by atoms with Gasteiger partial charge >= 0.3 is 0 Å². The van der Waals surface area contributed by atoms with E-state index in [9.17, 15) is 0 Å². The molecule has 0 aliphatic carbocycles. The first-order valence-corrected chi connectivity index (χ1v) is 5.15. The van der Waals surface area contributed by atoms with Crippen molar-refractivity contribution in [3.05, 3.63) is 12.2 Å². The summed E-state index contributed by atoms with van der Waals surface area (Å²) >= 11 is 0. The van der Waals surface area contributed by atoms with Crippen molar-refractivity contribution in [1.29, 1.82) is 0 Å². The van der Waals surface area contributed by atoms with Gasteiger partial charge in [0.25, 0.3) is 0 Å². The summed E-state index contributed by atoms with van der Waals surface area (Å²) in [4.78, 5) is 0. The van der Waals surface area contributed by atoms with Gasteiger partial charge in [-0.25, -0.2) is 0 Å². The van der Waals surface area contributed by atoms with Crippen LogP contribution in [0.4, 0.5) is 0 Å². The lowest BCUT2D eigenvalue weighted by Gasteiger charge is -2.30. The van der Waals surface area contributed by atoms with E-state index in [-0.39, 0.29) is 0 Å². The van der Waals surface area contributed by atoms with Crippen LogP contribution in [0.1, 0.15) is 53.9 Å². The predicted molar refractivity (Wildman–Crippen MR) is 57.3 cm³/mol. The minimum absolute atomic E-state index is 0.508. The lowest BCUT2D eigenvalue weighted by Crippen LogP contribution is -2.20. The summed E-state index contributed by atoms with van der Waals surface area (Å²) in [7, 11) is 0. The largest absolute Gasteiger partial charge is 0.0917 e. The van der Waals surface area contributed by atoms with E-state index in [0.29, 0.717) is 5.41 Å². The van der Waals surface area contributed by atoms with Crippen LogP contribution in [0.15, 0.2) is 12.2 Å². The van der Waals surface area contributed by atoms with Gasteiger partial charge in [0.15, 0.2) is 0 Å². The molecule has 0 radical (unpaired) electrons. The maximum absolute atomic E-state index is 2.38. The minimum atomic E-state index is 0.508. The van der Waals surface area contributed by atoms with Crippen LogP contribution < -0.4 is 0 Å². The Morgan fingerprint density at radius 1 is 1.33 bits per heavy atom. The third-order valence-electron chi connectivity index (χ3n) is 2.95. The minimum Gasteiger partial charge on any atom is -0.0917 e. The monoisotopic (exact) mass is 168 g/mol. The van der Waals surface area contributed by atoms with Crippen LogP contribution in [0.5, 0.6) is 0 Å². The number of hydrogen-bond acceptors (Lipinski definition) is 0. The topological polar surface area (TPSA) is 0 Å².